The predicted octanol–water partition coefficient (Wildman–Crippen LogP) is 2.57. The summed E-state index contributed by atoms with van der Waals surface area (Å²) in [6.45, 7) is 0. The lowest BCUT2D eigenvalue weighted by Crippen LogP contribution is -2.31. The lowest BCUT2D eigenvalue weighted by Gasteiger charge is -2.07. The Labute approximate surface area is 124 Å². The summed E-state index contributed by atoms with van der Waals surface area (Å²) in [4.78, 5) is 27.5. The number of carbonyl (C=O) groups excluding carboxylic acids is 2. The number of likely N-dealkylation sites (N-methyl/N-ethyl adjacent to an activating group) is 1. The highest BCUT2D eigenvalue weighted by Crippen LogP contribution is 2.32. The zero-order chi connectivity index (χ0) is 14.4. The number of rotatable bonds is 2. The van der Waals surface area contributed by atoms with Gasteiger partial charge >= 0.3 is 6.03 Å². The maximum atomic E-state index is 11.9. The van der Waals surface area contributed by atoms with E-state index in [1.54, 1.807) is 18.3 Å². The second-order valence-electron chi connectivity index (χ2n) is 4.70. The summed E-state index contributed by atoms with van der Waals surface area (Å²) < 4.78 is 0. The Balaban J connectivity index is 1.98. The lowest BCUT2D eigenvalue weighted by atomic mass is 10.1. The largest absolute Gasteiger partial charge is 0.360 e. The number of H-pyrrole nitrogens is 1. The molecule has 3 amide bonds. The number of benzene rings is 1. The van der Waals surface area contributed by atoms with Crippen LogP contribution in [-0.4, -0.2) is 34.9 Å². The molecule has 1 atom stereocenters. The van der Waals surface area contributed by atoms with E-state index in [1.807, 2.05) is 0 Å². The van der Waals surface area contributed by atoms with Crippen molar-refractivity contribution in [2.24, 2.45) is 0 Å². The van der Waals surface area contributed by atoms with Gasteiger partial charge in [0, 0.05) is 25.1 Å². The Morgan fingerprint density at radius 2 is 1.95 bits per heavy atom. The third-order valence-corrected chi connectivity index (χ3v) is 4.10. The van der Waals surface area contributed by atoms with Gasteiger partial charge in [0.1, 0.15) is 6.04 Å². The molecule has 0 saturated carbocycles. The van der Waals surface area contributed by atoms with Crippen molar-refractivity contribution in [1.29, 1.82) is 0 Å². The van der Waals surface area contributed by atoms with Gasteiger partial charge in [-0.2, -0.15) is 0 Å². The average Bonchev–Trinajstić information content (AvgIpc) is 2.94. The molecule has 3 rings (SSSR count). The lowest BCUT2D eigenvalue weighted by molar-refractivity contribution is -0.126. The number of imide groups is 1. The fraction of sp³-hybridized carbons (Fsp3) is 0.231. The number of fused-ring (bicyclic) bond motifs is 1. The first-order chi connectivity index (χ1) is 9.49. The number of halogens is 2. The highest BCUT2D eigenvalue weighted by atomic mass is 35.5. The molecule has 20 heavy (non-hydrogen) atoms. The maximum absolute atomic E-state index is 11.9. The highest BCUT2D eigenvalue weighted by molar-refractivity contribution is 6.40. The molecule has 7 heteroatoms. The minimum atomic E-state index is -0.568. The first-order valence-corrected chi connectivity index (χ1v) is 6.76. The van der Waals surface area contributed by atoms with E-state index in [2.05, 4.69) is 10.3 Å². The van der Waals surface area contributed by atoms with Crippen molar-refractivity contribution >= 4 is 46.0 Å². The minimum Gasteiger partial charge on any atom is -0.360 e. The van der Waals surface area contributed by atoms with Gasteiger partial charge in [-0.1, -0.05) is 23.2 Å². The van der Waals surface area contributed by atoms with Crippen LogP contribution in [-0.2, 0) is 11.2 Å². The van der Waals surface area contributed by atoms with Gasteiger partial charge < -0.3 is 10.3 Å². The van der Waals surface area contributed by atoms with Crippen molar-refractivity contribution < 1.29 is 9.59 Å². The molecule has 1 aliphatic heterocycles. The third kappa shape index (κ3) is 1.94. The summed E-state index contributed by atoms with van der Waals surface area (Å²) >= 11 is 12.3. The van der Waals surface area contributed by atoms with E-state index in [9.17, 15) is 9.59 Å². The number of nitrogens with one attached hydrogen (secondary N) is 2. The van der Waals surface area contributed by atoms with Crippen molar-refractivity contribution in [3.05, 3.63) is 33.9 Å². The molecular weight excluding hydrogens is 301 g/mol. The van der Waals surface area contributed by atoms with Gasteiger partial charge in [-0.3, -0.25) is 9.69 Å². The normalized spacial score (nSPS) is 18.9. The summed E-state index contributed by atoms with van der Waals surface area (Å²) in [6, 6.07) is 2.47. The van der Waals surface area contributed by atoms with Crippen LogP contribution in [0.4, 0.5) is 4.79 Å². The smallest absolute Gasteiger partial charge is 0.324 e. The average molecular weight is 312 g/mol. The van der Waals surface area contributed by atoms with Gasteiger partial charge in [-0.25, -0.2) is 4.79 Å². The molecule has 1 aromatic carbocycles. The second-order valence-corrected chi connectivity index (χ2v) is 5.51. The Morgan fingerprint density at radius 1 is 1.25 bits per heavy atom. The maximum Gasteiger partial charge on any atom is 0.324 e. The van der Waals surface area contributed by atoms with Crippen molar-refractivity contribution in [2.75, 3.05) is 7.05 Å². The van der Waals surface area contributed by atoms with E-state index in [1.165, 1.54) is 7.05 Å². The molecule has 104 valence electrons. The summed E-state index contributed by atoms with van der Waals surface area (Å²) in [5.74, 6) is -0.248. The van der Waals surface area contributed by atoms with Gasteiger partial charge in [0.05, 0.1) is 15.6 Å². The van der Waals surface area contributed by atoms with Crippen LogP contribution in [0, 0.1) is 0 Å². The number of hydrogen-bond acceptors (Lipinski definition) is 2. The van der Waals surface area contributed by atoms with E-state index < -0.39 is 6.04 Å². The second kappa shape index (κ2) is 4.68. The van der Waals surface area contributed by atoms with Crippen molar-refractivity contribution in [1.82, 2.24) is 15.2 Å². The first kappa shape index (κ1) is 13.3. The molecule has 0 aliphatic carbocycles. The fourth-order valence-corrected chi connectivity index (χ4v) is 2.89. The van der Waals surface area contributed by atoms with Gasteiger partial charge in [0.2, 0.25) is 0 Å². The zero-order valence-corrected chi connectivity index (χ0v) is 12.0. The van der Waals surface area contributed by atoms with E-state index in [0.29, 0.717) is 16.5 Å². The molecule has 1 aliphatic rings. The molecule has 2 N–H and O–H groups in total. The van der Waals surface area contributed by atoms with Gasteiger partial charge in [0.25, 0.3) is 5.91 Å². The standard InChI is InChI=1S/C13H11Cl2N3O2/c1-18-12(19)9(17-13(18)20)4-6-5-16-11-8(15)3-2-7(14)10(6)11/h2-3,5,9,16H,4H2,1H3,(H,17,20). The monoisotopic (exact) mass is 311 g/mol. The molecule has 5 nitrogen and oxygen atoms in total. The van der Waals surface area contributed by atoms with Crippen LogP contribution < -0.4 is 5.32 Å². The summed E-state index contributed by atoms with van der Waals surface area (Å²) in [7, 11) is 1.46. The van der Waals surface area contributed by atoms with Crippen molar-refractivity contribution in [3.63, 3.8) is 0 Å². The third-order valence-electron chi connectivity index (χ3n) is 3.47. The van der Waals surface area contributed by atoms with Gasteiger partial charge in [0.15, 0.2) is 0 Å². The molecule has 0 bridgehead atoms. The number of hydrogen-bond donors (Lipinski definition) is 2. The molecule has 1 saturated heterocycles. The summed E-state index contributed by atoms with van der Waals surface area (Å²) in [6.07, 6.45) is 2.13. The molecule has 1 fully saturated rings. The molecule has 1 aromatic heterocycles. The number of nitrogens with zero attached hydrogens (tertiary/aromatic N) is 1. The number of aromatic amines is 1. The van der Waals surface area contributed by atoms with Crippen LogP contribution in [0.2, 0.25) is 10.0 Å². The number of aromatic nitrogens is 1. The van der Waals surface area contributed by atoms with Gasteiger partial charge in [-0.05, 0) is 17.7 Å². The molecule has 2 aromatic rings. The Morgan fingerprint density at radius 3 is 2.60 bits per heavy atom. The summed E-state index contributed by atoms with van der Waals surface area (Å²) in [5.41, 5.74) is 1.58. The van der Waals surface area contributed by atoms with Crippen LogP contribution in [0.15, 0.2) is 18.3 Å². The van der Waals surface area contributed by atoms with Crippen LogP contribution in [0.25, 0.3) is 10.9 Å². The first-order valence-electron chi connectivity index (χ1n) is 6.01. The Bertz CT molecular complexity index is 726. The summed E-state index contributed by atoms with van der Waals surface area (Å²) in [5, 5.41) is 4.55. The highest BCUT2D eigenvalue weighted by Gasteiger charge is 2.35. The SMILES string of the molecule is CN1C(=O)NC(Cc2c[nH]c3c(Cl)ccc(Cl)c23)C1=O. The number of urea groups is 1. The van der Waals surface area contributed by atoms with E-state index in [0.717, 1.165) is 21.4 Å². The fourth-order valence-electron chi connectivity index (χ4n) is 2.40. The molecule has 0 radical (unpaired) electrons. The molecule has 0 spiro atoms. The number of amides is 3. The van der Waals surface area contributed by atoms with Crippen LogP contribution in [0.5, 0.6) is 0 Å². The topological polar surface area (TPSA) is 65.2 Å². The minimum absolute atomic E-state index is 0.248. The van der Waals surface area contributed by atoms with Crippen molar-refractivity contribution in [3.8, 4) is 0 Å². The molecule has 2 heterocycles. The zero-order valence-electron chi connectivity index (χ0n) is 10.5. The molecular formula is C13H11Cl2N3O2. The van der Waals surface area contributed by atoms with Crippen LogP contribution >= 0.6 is 23.2 Å². The van der Waals surface area contributed by atoms with E-state index in [-0.39, 0.29) is 11.9 Å². The van der Waals surface area contributed by atoms with Gasteiger partial charge in [-0.15, -0.1) is 0 Å². The molecule has 1 unspecified atom stereocenters. The predicted molar refractivity (Wildman–Crippen MR) is 77.1 cm³/mol. The Hall–Kier alpha value is -1.72. The van der Waals surface area contributed by atoms with E-state index >= 15 is 0 Å². The van der Waals surface area contributed by atoms with Crippen LogP contribution in [0.1, 0.15) is 5.56 Å². The van der Waals surface area contributed by atoms with Crippen LogP contribution in [0.3, 0.4) is 0 Å². The van der Waals surface area contributed by atoms with E-state index in [4.69, 9.17) is 23.2 Å². The van der Waals surface area contributed by atoms with Crippen molar-refractivity contribution in [2.45, 2.75) is 12.5 Å². The number of carbonyl (C=O) groups is 2. The quantitative estimate of drug-likeness (QED) is 0.837. The Kier molecular flexibility index (Phi) is 3.11.